The number of hydrogen-bond donors (Lipinski definition) is 1. The van der Waals surface area contributed by atoms with Gasteiger partial charge in [-0.25, -0.2) is 13.1 Å². The summed E-state index contributed by atoms with van der Waals surface area (Å²) in [5.41, 5.74) is 0.988. The van der Waals surface area contributed by atoms with Crippen molar-refractivity contribution in [2.75, 3.05) is 39.5 Å². The zero-order valence-electron chi connectivity index (χ0n) is 15.7. The van der Waals surface area contributed by atoms with Gasteiger partial charge in [-0.2, -0.15) is 0 Å². The van der Waals surface area contributed by atoms with E-state index in [1.54, 1.807) is 11.0 Å². The van der Waals surface area contributed by atoms with Gasteiger partial charge in [-0.15, -0.1) is 0 Å². The Morgan fingerprint density at radius 3 is 2.59 bits per heavy atom. The number of nitrogens with zero attached hydrogens (tertiary/aromatic N) is 1. The number of sulfonamides is 1. The van der Waals surface area contributed by atoms with Gasteiger partial charge in [0.25, 0.3) is 0 Å². The number of morpholine rings is 1. The standard InChI is InChI=1S/C20H22N2O6S/c23-20(22-8-9-26-19(14-22)15-4-2-1-3-5-15)13-21-29(24,25)16-6-7-17-18(12-16)28-11-10-27-17/h1-7,12,19,21H,8-11,13-14H2/t19-/m0/s1. The number of nitrogens with one attached hydrogen (secondary N) is 1. The molecule has 0 radical (unpaired) electrons. The van der Waals surface area contributed by atoms with Gasteiger partial charge in [0.2, 0.25) is 15.9 Å². The van der Waals surface area contributed by atoms with Gasteiger partial charge >= 0.3 is 0 Å². The van der Waals surface area contributed by atoms with E-state index in [-0.39, 0.29) is 23.5 Å². The first-order valence-electron chi connectivity index (χ1n) is 9.36. The molecule has 4 rings (SSSR count). The topological polar surface area (TPSA) is 94.2 Å². The molecule has 1 atom stereocenters. The number of ether oxygens (including phenoxy) is 3. The summed E-state index contributed by atoms with van der Waals surface area (Å²) in [6, 6.07) is 14.0. The predicted octanol–water partition coefficient (Wildman–Crippen LogP) is 1.34. The average Bonchev–Trinajstić information content (AvgIpc) is 2.78. The zero-order chi connectivity index (χ0) is 20.3. The van der Waals surface area contributed by atoms with Crippen LogP contribution in [-0.2, 0) is 19.6 Å². The van der Waals surface area contributed by atoms with Crippen molar-refractivity contribution in [3.05, 3.63) is 54.1 Å². The molecule has 0 unspecified atom stereocenters. The number of hydrogen-bond acceptors (Lipinski definition) is 6. The summed E-state index contributed by atoms with van der Waals surface area (Å²) in [6.45, 7) is 1.68. The van der Waals surface area contributed by atoms with Crippen LogP contribution in [0.3, 0.4) is 0 Å². The summed E-state index contributed by atoms with van der Waals surface area (Å²) >= 11 is 0. The molecule has 1 amide bonds. The highest BCUT2D eigenvalue weighted by molar-refractivity contribution is 7.89. The Kier molecular flexibility index (Phi) is 5.70. The van der Waals surface area contributed by atoms with Crippen LogP contribution in [0.2, 0.25) is 0 Å². The molecule has 0 bridgehead atoms. The summed E-state index contributed by atoms with van der Waals surface area (Å²) in [7, 11) is -3.86. The highest BCUT2D eigenvalue weighted by Crippen LogP contribution is 2.32. The largest absolute Gasteiger partial charge is 0.486 e. The summed E-state index contributed by atoms with van der Waals surface area (Å²) < 4.78 is 44.1. The van der Waals surface area contributed by atoms with E-state index in [0.717, 1.165) is 5.56 Å². The summed E-state index contributed by atoms with van der Waals surface area (Å²) in [4.78, 5) is 14.2. The molecular formula is C20H22N2O6S. The van der Waals surface area contributed by atoms with Gasteiger partial charge in [-0.1, -0.05) is 30.3 Å². The van der Waals surface area contributed by atoms with Crippen molar-refractivity contribution in [3.63, 3.8) is 0 Å². The second-order valence-electron chi connectivity index (χ2n) is 6.74. The molecule has 9 heteroatoms. The van der Waals surface area contributed by atoms with Crippen molar-refractivity contribution in [3.8, 4) is 11.5 Å². The van der Waals surface area contributed by atoms with E-state index < -0.39 is 10.0 Å². The van der Waals surface area contributed by atoms with Crippen molar-refractivity contribution < 1.29 is 27.4 Å². The molecule has 0 aromatic heterocycles. The molecule has 29 heavy (non-hydrogen) atoms. The highest BCUT2D eigenvalue weighted by Gasteiger charge is 2.27. The molecule has 1 saturated heterocycles. The van der Waals surface area contributed by atoms with Gasteiger partial charge in [-0.3, -0.25) is 4.79 Å². The van der Waals surface area contributed by atoms with Gasteiger partial charge < -0.3 is 19.1 Å². The fourth-order valence-corrected chi connectivity index (χ4v) is 4.28. The first kappa shape index (κ1) is 19.7. The maximum atomic E-state index is 12.6. The molecule has 2 aliphatic rings. The van der Waals surface area contributed by atoms with Crippen LogP contribution in [0.4, 0.5) is 0 Å². The van der Waals surface area contributed by atoms with Crippen molar-refractivity contribution in [1.82, 2.24) is 9.62 Å². The Labute approximate surface area is 169 Å². The number of carbonyl (C=O) groups excluding carboxylic acids is 1. The predicted molar refractivity (Wildman–Crippen MR) is 104 cm³/mol. The van der Waals surface area contributed by atoms with Crippen molar-refractivity contribution in [2.45, 2.75) is 11.0 Å². The maximum absolute atomic E-state index is 12.6. The summed E-state index contributed by atoms with van der Waals surface area (Å²) in [6.07, 6.45) is -0.219. The number of rotatable bonds is 5. The zero-order valence-corrected chi connectivity index (χ0v) is 16.6. The fourth-order valence-electron chi connectivity index (χ4n) is 3.29. The molecule has 0 aliphatic carbocycles. The molecule has 2 heterocycles. The molecule has 1 N–H and O–H groups in total. The van der Waals surface area contributed by atoms with Crippen LogP contribution in [0.1, 0.15) is 11.7 Å². The molecule has 154 valence electrons. The van der Waals surface area contributed by atoms with Gasteiger partial charge in [0.15, 0.2) is 11.5 Å². The van der Waals surface area contributed by atoms with Crippen LogP contribution in [0.5, 0.6) is 11.5 Å². The van der Waals surface area contributed by atoms with Crippen LogP contribution >= 0.6 is 0 Å². The smallest absolute Gasteiger partial charge is 0.241 e. The van der Waals surface area contributed by atoms with Crippen molar-refractivity contribution in [1.29, 1.82) is 0 Å². The molecule has 0 spiro atoms. The normalized spacial score (nSPS) is 19.0. The maximum Gasteiger partial charge on any atom is 0.241 e. The van der Waals surface area contributed by atoms with Gasteiger partial charge in [0.1, 0.15) is 19.3 Å². The first-order valence-corrected chi connectivity index (χ1v) is 10.8. The summed E-state index contributed by atoms with van der Waals surface area (Å²) in [5, 5.41) is 0. The number of amides is 1. The van der Waals surface area contributed by atoms with E-state index in [1.807, 2.05) is 30.3 Å². The van der Waals surface area contributed by atoms with E-state index in [9.17, 15) is 13.2 Å². The molecule has 0 saturated carbocycles. The molecule has 2 aromatic carbocycles. The summed E-state index contributed by atoms with van der Waals surface area (Å²) in [5.74, 6) is 0.589. The lowest BCUT2D eigenvalue weighted by Crippen LogP contribution is -2.46. The molecule has 2 aromatic rings. The highest BCUT2D eigenvalue weighted by atomic mass is 32.2. The molecule has 8 nitrogen and oxygen atoms in total. The van der Waals surface area contributed by atoms with Crippen LogP contribution in [0, 0.1) is 0 Å². The van der Waals surface area contributed by atoms with E-state index in [1.165, 1.54) is 12.1 Å². The Morgan fingerprint density at radius 1 is 1.03 bits per heavy atom. The van der Waals surface area contributed by atoms with Gasteiger partial charge in [0, 0.05) is 12.6 Å². The van der Waals surface area contributed by atoms with E-state index in [4.69, 9.17) is 14.2 Å². The van der Waals surface area contributed by atoms with E-state index >= 15 is 0 Å². The second-order valence-corrected chi connectivity index (χ2v) is 8.51. The number of benzene rings is 2. The monoisotopic (exact) mass is 418 g/mol. The Hall–Kier alpha value is -2.62. The van der Waals surface area contributed by atoms with Crippen molar-refractivity contribution in [2.24, 2.45) is 0 Å². The molecule has 1 fully saturated rings. The lowest BCUT2D eigenvalue weighted by atomic mass is 10.1. The third-order valence-corrected chi connectivity index (χ3v) is 6.23. The third-order valence-electron chi connectivity index (χ3n) is 4.83. The van der Waals surface area contributed by atoms with Crippen LogP contribution < -0.4 is 14.2 Å². The minimum atomic E-state index is -3.86. The third kappa shape index (κ3) is 4.52. The van der Waals surface area contributed by atoms with E-state index in [0.29, 0.717) is 44.4 Å². The second kappa shape index (κ2) is 8.40. The average molecular weight is 418 g/mol. The Bertz CT molecular complexity index is 980. The minimum Gasteiger partial charge on any atom is -0.486 e. The van der Waals surface area contributed by atoms with Gasteiger partial charge in [0.05, 0.1) is 24.6 Å². The first-order chi connectivity index (χ1) is 14.0. The lowest BCUT2D eigenvalue weighted by molar-refractivity contribution is -0.137. The molecular weight excluding hydrogens is 396 g/mol. The van der Waals surface area contributed by atoms with Crippen LogP contribution in [-0.4, -0.2) is 58.7 Å². The van der Waals surface area contributed by atoms with E-state index in [2.05, 4.69) is 4.72 Å². The van der Waals surface area contributed by atoms with Crippen LogP contribution in [0.25, 0.3) is 0 Å². The fraction of sp³-hybridized carbons (Fsp3) is 0.350. The SMILES string of the molecule is O=C(CNS(=O)(=O)c1ccc2c(c1)OCCO2)N1CCO[C@H](c2ccccc2)C1. The number of carbonyl (C=O) groups is 1. The van der Waals surface area contributed by atoms with Gasteiger partial charge in [-0.05, 0) is 17.7 Å². The van der Waals surface area contributed by atoms with Crippen molar-refractivity contribution >= 4 is 15.9 Å². The van der Waals surface area contributed by atoms with Crippen LogP contribution in [0.15, 0.2) is 53.4 Å². The number of fused-ring (bicyclic) bond motifs is 1. The lowest BCUT2D eigenvalue weighted by Gasteiger charge is -2.33. The Morgan fingerprint density at radius 2 is 1.79 bits per heavy atom. The molecule has 2 aliphatic heterocycles. The minimum absolute atomic E-state index is 0.0266. The quantitative estimate of drug-likeness (QED) is 0.788. The Balaban J connectivity index is 1.38.